The van der Waals surface area contributed by atoms with Crippen molar-refractivity contribution in [1.82, 2.24) is 9.97 Å². The van der Waals surface area contributed by atoms with Crippen LogP contribution in [0.25, 0.3) is 87.6 Å². The molecule has 9 rings (SSSR count). The molecule has 0 saturated heterocycles. The summed E-state index contributed by atoms with van der Waals surface area (Å²) in [7, 11) is 0. The smallest absolute Gasteiger partial charge is 0.0972 e. The Kier molecular flexibility index (Phi) is 6.20. The molecule has 0 aliphatic heterocycles. The van der Waals surface area contributed by atoms with Gasteiger partial charge in [-0.25, -0.2) is 4.98 Å². The zero-order valence-corrected chi connectivity index (χ0v) is 26.7. The lowest BCUT2D eigenvalue weighted by molar-refractivity contribution is 1.36. The quantitative estimate of drug-likeness (QED) is 0.149. The predicted octanol–water partition coefficient (Wildman–Crippen LogP) is 12.2. The van der Waals surface area contributed by atoms with Gasteiger partial charge >= 0.3 is 0 Å². The summed E-state index contributed by atoms with van der Waals surface area (Å²) in [4.78, 5) is 10.2. The summed E-state index contributed by atoms with van der Waals surface area (Å²) in [6, 6.07) is 48.7. The molecule has 0 atom stereocenters. The molecule has 0 fully saturated rings. The normalized spacial score (nSPS) is 11.7. The number of aryl methyl sites for hydroxylation is 3. The second-order valence-corrected chi connectivity index (χ2v) is 12.8. The van der Waals surface area contributed by atoms with Gasteiger partial charge in [0, 0.05) is 22.5 Å². The van der Waals surface area contributed by atoms with E-state index in [9.17, 15) is 0 Å². The van der Waals surface area contributed by atoms with Gasteiger partial charge in [-0.3, -0.25) is 4.98 Å². The van der Waals surface area contributed by atoms with Crippen molar-refractivity contribution in [1.29, 1.82) is 0 Å². The molecular formula is C45H32N2. The van der Waals surface area contributed by atoms with Crippen molar-refractivity contribution in [3.8, 4) is 33.5 Å². The molecule has 222 valence electrons. The zero-order valence-electron chi connectivity index (χ0n) is 26.7. The lowest BCUT2D eigenvalue weighted by atomic mass is 9.82. The van der Waals surface area contributed by atoms with Crippen molar-refractivity contribution in [2.75, 3.05) is 0 Å². The van der Waals surface area contributed by atoms with E-state index in [0.717, 1.165) is 27.5 Å². The zero-order chi connectivity index (χ0) is 31.6. The summed E-state index contributed by atoms with van der Waals surface area (Å²) in [6.45, 7) is 6.63. The van der Waals surface area contributed by atoms with E-state index in [1.54, 1.807) is 0 Å². The highest BCUT2D eigenvalue weighted by molar-refractivity contribution is 6.23. The second kappa shape index (κ2) is 10.6. The van der Waals surface area contributed by atoms with Crippen molar-refractivity contribution in [3.63, 3.8) is 0 Å². The lowest BCUT2D eigenvalue weighted by Crippen LogP contribution is -1.97. The number of aromatic nitrogens is 2. The van der Waals surface area contributed by atoms with E-state index in [0.29, 0.717) is 0 Å². The van der Waals surface area contributed by atoms with Gasteiger partial charge in [-0.1, -0.05) is 115 Å². The van der Waals surface area contributed by atoms with Crippen LogP contribution >= 0.6 is 0 Å². The molecule has 9 aromatic rings. The Morgan fingerprint density at radius 3 is 1.81 bits per heavy atom. The highest BCUT2D eigenvalue weighted by Crippen LogP contribution is 2.48. The first-order chi connectivity index (χ1) is 23.0. The minimum Gasteiger partial charge on any atom is -0.254 e. The molecule has 47 heavy (non-hydrogen) atoms. The van der Waals surface area contributed by atoms with Crippen molar-refractivity contribution >= 4 is 54.1 Å². The average molecular weight is 601 g/mol. The Morgan fingerprint density at radius 1 is 0.426 bits per heavy atom. The van der Waals surface area contributed by atoms with Gasteiger partial charge in [-0.05, 0) is 111 Å². The number of rotatable bonds is 3. The monoisotopic (exact) mass is 600 g/mol. The van der Waals surface area contributed by atoms with E-state index in [1.807, 2.05) is 12.3 Å². The number of hydrogen-bond acceptors (Lipinski definition) is 2. The fraction of sp³-hybridized carbons (Fsp3) is 0.0667. The molecule has 0 spiro atoms. The van der Waals surface area contributed by atoms with Crippen molar-refractivity contribution in [3.05, 3.63) is 156 Å². The predicted molar refractivity (Wildman–Crippen MR) is 200 cm³/mol. The number of pyridine rings is 2. The Balaban J connectivity index is 1.46. The molecule has 0 saturated carbocycles. The third-order valence-corrected chi connectivity index (χ3v) is 9.81. The van der Waals surface area contributed by atoms with Crippen LogP contribution in [-0.4, -0.2) is 9.97 Å². The van der Waals surface area contributed by atoms with E-state index in [1.165, 1.54) is 76.8 Å². The van der Waals surface area contributed by atoms with Crippen LogP contribution in [0.15, 0.2) is 140 Å². The van der Waals surface area contributed by atoms with Crippen LogP contribution in [0.4, 0.5) is 0 Å². The molecule has 0 unspecified atom stereocenters. The van der Waals surface area contributed by atoms with Gasteiger partial charge in [0.05, 0.1) is 16.7 Å². The third-order valence-electron chi connectivity index (χ3n) is 9.81. The molecule has 2 heterocycles. The number of nitrogens with zero attached hydrogens (tertiary/aromatic N) is 2. The van der Waals surface area contributed by atoms with Gasteiger partial charge in [0.2, 0.25) is 0 Å². The summed E-state index contributed by atoms with van der Waals surface area (Å²) in [5.41, 5.74) is 12.7. The summed E-state index contributed by atoms with van der Waals surface area (Å²) in [5, 5.41) is 9.57. The summed E-state index contributed by atoms with van der Waals surface area (Å²) >= 11 is 0. The first kappa shape index (κ1) is 27.5. The summed E-state index contributed by atoms with van der Waals surface area (Å²) in [6.07, 6.45) is 1.86. The lowest BCUT2D eigenvalue weighted by Gasteiger charge is -2.21. The molecule has 2 heteroatoms. The Labute approximate surface area is 274 Å². The molecule has 0 radical (unpaired) electrons. The van der Waals surface area contributed by atoms with E-state index in [4.69, 9.17) is 9.97 Å². The van der Waals surface area contributed by atoms with Gasteiger partial charge in [-0.2, -0.15) is 0 Å². The molecule has 0 amide bonds. The standard InChI is InChI=1S/C45H32N2/c1-27-15-19-35-37(22-27)42(40-26-34-13-8-7-12-33(34)25-36(40)30-10-5-4-6-11-30)38-23-28(2)29(3)24-39(38)43(35)41-20-18-32-17-16-31-14-9-21-46-44(31)45(32)47-41/h4-26H,1-3H3. The Morgan fingerprint density at radius 2 is 1.04 bits per heavy atom. The number of benzene rings is 7. The Bertz CT molecular complexity index is 2700. The van der Waals surface area contributed by atoms with Crippen molar-refractivity contribution in [2.24, 2.45) is 0 Å². The Hall–Kier alpha value is -5.86. The van der Waals surface area contributed by atoms with Gasteiger partial charge in [0.25, 0.3) is 0 Å². The first-order valence-electron chi connectivity index (χ1n) is 16.2. The van der Waals surface area contributed by atoms with Crippen LogP contribution in [0.1, 0.15) is 16.7 Å². The maximum Gasteiger partial charge on any atom is 0.0972 e. The molecule has 0 N–H and O–H groups in total. The van der Waals surface area contributed by atoms with E-state index >= 15 is 0 Å². The molecule has 2 nitrogen and oxygen atoms in total. The van der Waals surface area contributed by atoms with Gasteiger partial charge in [0.15, 0.2) is 0 Å². The van der Waals surface area contributed by atoms with E-state index < -0.39 is 0 Å². The molecule has 2 aromatic heterocycles. The van der Waals surface area contributed by atoms with Crippen LogP contribution in [0.2, 0.25) is 0 Å². The van der Waals surface area contributed by atoms with E-state index in [2.05, 4.69) is 148 Å². The third kappa shape index (κ3) is 4.40. The molecule has 0 aliphatic rings. The minimum atomic E-state index is 0.933. The highest BCUT2D eigenvalue weighted by atomic mass is 14.8. The maximum atomic E-state index is 5.39. The fourth-order valence-electron chi connectivity index (χ4n) is 7.34. The van der Waals surface area contributed by atoms with Gasteiger partial charge in [-0.15, -0.1) is 0 Å². The number of hydrogen-bond donors (Lipinski definition) is 0. The summed E-state index contributed by atoms with van der Waals surface area (Å²) < 4.78 is 0. The molecule has 0 aliphatic carbocycles. The fourth-order valence-corrected chi connectivity index (χ4v) is 7.34. The van der Waals surface area contributed by atoms with Gasteiger partial charge in [0.1, 0.15) is 0 Å². The minimum absolute atomic E-state index is 0.933. The van der Waals surface area contributed by atoms with Crippen LogP contribution in [0, 0.1) is 20.8 Å². The van der Waals surface area contributed by atoms with Gasteiger partial charge < -0.3 is 0 Å². The van der Waals surface area contributed by atoms with Crippen LogP contribution < -0.4 is 0 Å². The van der Waals surface area contributed by atoms with Crippen LogP contribution in [0.5, 0.6) is 0 Å². The number of fused-ring (bicyclic) bond motifs is 6. The van der Waals surface area contributed by atoms with E-state index in [-0.39, 0.29) is 0 Å². The molecular weight excluding hydrogens is 569 g/mol. The largest absolute Gasteiger partial charge is 0.254 e. The van der Waals surface area contributed by atoms with Crippen molar-refractivity contribution < 1.29 is 0 Å². The second-order valence-electron chi connectivity index (χ2n) is 12.8. The van der Waals surface area contributed by atoms with Crippen LogP contribution in [-0.2, 0) is 0 Å². The SMILES string of the molecule is Cc1ccc2c(-c3ccc4ccc5cccnc5c4n3)c3cc(C)c(C)cc3c(-c3cc4ccccc4cc3-c3ccccc3)c2c1. The maximum absolute atomic E-state index is 5.39. The summed E-state index contributed by atoms with van der Waals surface area (Å²) in [5.74, 6) is 0. The molecule has 0 bridgehead atoms. The van der Waals surface area contributed by atoms with Crippen LogP contribution in [0.3, 0.4) is 0 Å². The highest BCUT2D eigenvalue weighted by Gasteiger charge is 2.22. The first-order valence-corrected chi connectivity index (χ1v) is 16.2. The molecule has 7 aromatic carbocycles. The topological polar surface area (TPSA) is 25.8 Å². The average Bonchev–Trinajstić information content (AvgIpc) is 3.11. The van der Waals surface area contributed by atoms with Crippen molar-refractivity contribution in [2.45, 2.75) is 20.8 Å².